The third kappa shape index (κ3) is 3.38. The van der Waals surface area contributed by atoms with Crippen molar-refractivity contribution in [1.82, 2.24) is 9.78 Å². The van der Waals surface area contributed by atoms with Crippen molar-refractivity contribution in [2.45, 2.75) is 33.2 Å². The number of ether oxygens (including phenoxy) is 1. The van der Waals surface area contributed by atoms with E-state index in [4.69, 9.17) is 4.74 Å². The van der Waals surface area contributed by atoms with E-state index in [0.29, 0.717) is 11.6 Å². The zero-order valence-electron chi connectivity index (χ0n) is 12.2. The maximum Gasteiger partial charge on any atom is 0.418 e. The van der Waals surface area contributed by atoms with E-state index in [9.17, 15) is 4.79 Å². The van der Waals surface area contributed by atoms with Gasteiger partial charge < -0.3 is 4.74 Å². The fourth-order valence-electron chi connectivity index (χ4n) is 1.83. The van der Waals surface area contributed by atoms with Crippen molar-refractivity contribution in [3.8, 4) is 5.75 Å². The average molecular weight is 273 g/mol. The number of carbonyl (C=O) groups excluding carboxylic acids is 1. The molecule has 2 aromatic rings. The summed E-state index contributed by atoms with van der Waals surface area (Å²) in [5.74, 6) is 1.12. The summed E-state index contributed by atoms with van der Waals surface area (Å²) in [6.07, 6.45) is -0.526. The summed E-state index contributed by atoms with van der Waals surface area (Å²) in [7, 11) is 0. The van der Waals surface area contributed by atoms with Gasteiger partial charge in [0.15, 0.2) is 0 Å². The van der Waals surface area contributed by atoms with E-state index in [0.717, 1.165) is 5.69 Å². The minimum absolute atomic E-state index is 0.219. The largest absolute Gasteiger partial charge is 0.418 e. The lowest BCUT2D eigenvalue weighted by molar-refractivity contribution is 0.214. The van der Waals surface area contributed by atoms with Crippen molar-refractivity contribution in [2.24, 2.45) is 0 Å². The van der Waals surface area contributed by atoms with Gasteiger partial charge in [-0.1, -0.05) is 18.2 Å². The quantitative estimate of drug-likeness (QED) is 0.910. The summed E-state index contributed by atoms with van der Waals surface area (Å²) in [4.78, 5) is 11.9. The van der Waals surface area contributed by atoms with Crippen LogP contribution in [0.4, 0.5) is 10.6 Å². The summed E-state index contributed by atoms with van der Waals surface area (Å²) >= 11 is 0. The number of aromatic nitrogens is 2. The number of nitrogens with zero attached hydrogens (tertiary/aromatic N) is 2. The number of para-hydroxylation sites is 1. The van der Waals surface area contributed by atoms with E-state index >= 15 is 0 Å². The highest BCUT2D eigenvalue weighted by Crippen LogP contribution is 2.21. The maximum atomic E-state index is 11.9. The SMILES string of the molecule is Cc1cc(NC(=O)Oc2ccccc2)n(C(C)(C)C)n1. The van der Waals surface area contributed by atoms with Gasteiger partial charge in [-0.2, -0.15) is 5.10 Å². The first-order valence-electron chi connectivity index (χ1n) is 6.47. The molecule has 0 atom stereocenters. The van der Waals surface area contributed by atoms with Crippen molar-refractivity contribution in [2.75, 3.05) is 5.32 Å². The molecule has 106 valence electrons. The van der Waals surface area contributed by atoms with Gasteiger partial charge in [-0.05, 0) is 39.8 Å². The van der Waals surface area contributed by atoms with Gasteiger partial charge in [0.1, 0.15) is 11.6 Å². The number of nitrogens with one attached hydrogen (secondary N) is 1. The molecular weight excluding hydrogens is 254 g/mol. The molecule has 20 heavy (non-hydrogen) atoms. The second kappa shape index (κ2) is 5.36. The van der Waals surface area contributed by atoms with Crippen LogP contribution in [0.5, 0.6) is 5.75 Å². The Morgan fingerprint density at radius 2 is 1.90 bits per heavy atom. The van der Waals surface area contributed by atoms with Crippen molar-refractivity contribution in [3.63, 3.8) is 0 Å². The topological polar surface area (TPSA) is 56.1 Å². The lowest BCUT2D eigenvalue weighted by Gasteiger charge is -2.22. The Labute approximate surface area is 118 Å². The minimum atomic E-state index is -0.526. The third-order valence-corrected chi connectivity index (χ3v) is 2.65. The van der Waals surface area contributed by atoms with Crippen LogP contribution in [0.25, 0.3) is 0 Å². The Balaban J connectivity index is 2.12. The molecule has 5 nitrogen and oxygen atoms in total. The Hall–Kier alpha value is -2.30. The van der Waals surface area contributed by atoms with Crippen LogP contribution in [0.1, 0.15) is 26.5 Å². The van der Waals surface area contributed by atoms with Gasteiger partial charge >= 0.3 is 6.09 Å². The van der Waals surface area contributed by atoms with Gasteiger partial charge in [-0.25, -0.2) is 9.48 Å². The van der Waals surface area contributed by atoms with E-state index in [1.807, 2.05) is 52.0 Å². The molecule has 0 aliphatic rings. The maximum absolute atomic E-state index is 11.9. The zero-order chi connectivity index (χ0) is 14.8. The van der Waals surface area contributed by atoms with Crippen LogP contribution in [0.2, 0.25) is 0 Å². The molecule has 1 N–H and O–H groups in total. The average Bonchev–Trinajstić information content (AvgIpc) is 2.71. The molecule has 1 aromatic carbocycles. The predicted octanol–water partition coefficient (Wildman–Crippen LogP) is 3.56. The molecule has 1 heterocycles. The summed E-state index contributed by atoms with van der Waals surface area (Å²) in [5, 5.41) is 7.11. The van der Waals surface area contributed by atoms with E-state index in [1.54, 1.807) is 16.8 Å². The number of carbonyl (C=O) groups is 1. The van der Waals surface area contributed by atoms with E-state index in [-0.39, 0.29) is 5.54 Å². The lowest BCUT2D eigenvalue weighted by Crippen LogP contribution is -2.27. The molecule has 5 heteroatoms. The number of anilines is 1. The van der Waals surface area contributed by atoms with E-state index in [2.05, 4.69) is 10.4 Å². The van der Waals surface area contributed by atoms with Crippen LogP contribution in [-0.4, -0.2) is 15.9 Å². The lowest BCUT2D eigenvalue weighted by atomic mass is 10.1. The molecule has 1 aromatic heterocycles. The van der Waals surface area contributed by atoms with Gasteiger partial charge in [0.2, 0.25) is 0 Å². The van der Waals surface area contributed by atoms with Crippen LogP contribution >= 0.6 is 0 Å². The monoisotopic (exact) mass is 273 g/mol. The second-order valence-electron chi connectivity index (χ2n) is 5.58. The van der Waals surface area contributed by atoms with Gasteiger partial charge in [0.25, 0.3) is 0 Å². The molecule has 0 radical (unpaired) electrons. The summed E-state index contributed by atoms with van der Waals surface area (Å²) in [5.41, 5.74) is 0.624. The van der Waals surface area contributed by atoms with E-state index < -0.39 is 6.09 Å². The molecule has 0 aliphatic carbocycles. The number of hydrogen-bond acceptors (Lipinski definition) is 3. The third-order valence-electron chi connectivity index (χ3n) is 2.65. The van der Waals surface area contributed by atoms with Crippen LogP contribution in [0.15, 0.2) is 36.4 Å². The fourth-order valence-corrected chi connectivity index (χ4v) is 1.83. The fraction of sp³-hybridized carbons (Fsp3) is 0.333. The molecular formula is C15H19N3O2. The van der Waals surface area contributed by atoms with Crippen molar-refractivity contribution >= 4 is 11.9 Å². The number of amides is 1. The smallest absolute Gasteiger partial charge is 0.410 e. The molecule has 2 rings (SSSR count). The Morgan fingerprint density at radius 1 is 1.25 bits per heavy atom. The molecule has 0 spiro atoms. The molecule has 0 saturated heterocycles. The standard InChI is InChI=1S/C15H19N3O2/c1-11-10-13(18(17-11)15(2,3)4)16-14(19)20-12-8-6-5-7-9-12/h5-10H,1-4H3,(H,16,19). The molecule has 1 amide bonds. The molecule has 0 bridgehead atoms. The normalized spacial score (nSPS) is 11.2. The van der Waals surface area contributed by atoms with Crippen molar-refractivity contribution in [1.29, 1.82) is 0 Å². The Kier molecular flexibility index (Phi) is 3.79. The minimum Gasteiger partial charge on any atom is -0.410 e. The zero-order valence-corrected chi connectivity index (χ0v) is 12.2. The number of rotatable bonds is 2. The highest BCUT2D eigenvalue weighted by Gasteiger charge is 2.20. The van der Waals surface area contributed by atoms with Gasteiger partial charge in [0.05, 0.1) is 11.2 Å². The highest BCUT2D eigenvalue weighted by molar-refractivity contribution is 5.85. The van der Waals surface area contributed by atoms with Crippen LogP contribution in [0.3, 0.4) is 0 Å². The first-order chi connectivity index (χ1) is 9.36. The Bertz CT molecular complexity index is 597. The number of aryl methyl sites for hydroxylation is 1. The highest BCUT2D eigenvalue weighted by atomic mass is 16.6. The van der Waals surface area contributed by atoms with Gasteiger partial charge in [-0.3, -0.25) is 5.32 Å². The van der Waals surface area contributed by atoms with E-state index in [1.165, 1.54) is 0 Å². The van der Waals surface area contributed by atoms with Crippen LogP contribution in [0, 0.1) is 6.92 Å². The van der Waals surface area contributed by atoms with Gasteiger partial charge in [-0.15, -0.1) is 0 Å². The van der Waals surface area contributed by atoms with Crippen LogP contribution in [-0.2, 0) is 5.54 Å². The molecule has 0 aliphatic heterocycles. The number of hydrogen-bond donors (Lipinski definition) is 1. The molecule has 0 saturated carbocycles. The first kappa shape index (κ1) is 14.1. The number of benzene rings is 1. The van der Waals surface area contributed by atoms with Crippen molar-refractivity contribution in [3.05, 3.63) is 42.1 Å². The van der Waals surface area contributed by atoms with Crippen molar-refractivity contribution < 1.29 is 9.53 Å². The Morgan fingerprint density at radius 3 is 2.50 bits per heavy atom. The molecule has 0 fully saturated rings. The molecule has 0 unspecified atom stereocenters. The first-order valence-corrected chi connectivity index (χ1v) is 6.47. The van der Waals surface area contributed by atoms with Gasteiger partial charge in [0, 0.05) is 6.07 Å². The summed E-state index contributed by atoms with van der Waals surface area (Å²) in [6, 6.07) is 10.8. The second-order valence-corrected chi connectivity index (χ2v) is 5.58. The summed E-state index contributed by atoms with van der Waals surface area (Å²) < 4.78 is 6.98. The summed E-state index contributed by atoms with van der Waals surface area (Å²) in [6.45, 7) is 7.95. The predicted molar refractivity (Wildman–Crippen MR) is 78.0 cm³/mol. The van der Waals surface area contributed by atoms with Crippen LogP contribution < -0.4 is 10.1 Å².